The van der Waals surface area contributed by atoms with Crippen molar-refractivity contribution in [2.24, 2.45) is 5.73 Å². The molecule has 0 fully saturated rings. The van der Waals surface area contributed by atoms with Gasteiger partial charge in [0.2, 0.25) is 0 Å². The summed E-state index contributed by atoms with van der Waals surface area (Å²) in [4.78, 5) is 14.5. The van der Waals surface area contributed by atoms with E-state index in [9.17, 15) is 9.18 Å². The molecular formula is C15H10ClFN2O. The average molecular weight is 289 g/mol. The van der Waals surface area contributed by atoms with Gasteiger partial charge in [0.1, 0.15) is 11.5 Å². The first-order valence-electron chi connectivity index (χ1n) is 5.94. The third kappa shape index (κ3) is 1.94. The lowest BCUT2D eigenvalue weighted by Crippen LogP contribution is -2.12. The minimum absolute atomic E-state index is 0.173. The zero-order valence-electron chi connectivity index (χ0n) is 10.3. The molecule has 1 amide bonds. The van der Waals surface area contributed by atoms with Crippen molar-refractivity contribution in [1.82, 2.24) is 4.98 Å². The Morgan fingerprint density at radius 2 is 1.95 bits per heavy atom. The number of fused-ring (bicyclic) bond motifs is 1. The Morgan fingerprint density at radius 1 is 1.20 bits per heavy atom. The summed E-state index contributed by atoms with van der Waals surface area (Å²) in [6, 6.07) is 11.3. The molecule has 0 bridgehead atoms. The predicted molar refractivity (Wildman–Crippen MR) is 77.2 cm³/mol. The van der Waals surface area contributed by atoms with Crippen LogP contribution in [0.4, 0.5) is 4.39 Å². The van der Waals surface area contributed by atoms with Gasteiger partial charge in [-0.1, -0.05) is 29.8 Å². The van der Waals surface area contributed by atoms with E-state index in [4.69, 9.17) is 17.3 Å². The summed E-state index contributed by atoms with van der Waals surface area (Å²) in [5, 5.41) is 1.17. The number of aromatic amines is 1. The molecule has 0 unspecified atom stereocenters. The number of primary amides is 1. The van der Waals surface area contributed by atoms with Gasteiger partial charge in [0, 0.05) is 27.1 Å². The zero-order valence-corrected chi connectivity index (χ0v) is 11.0. The molecule has 3 rings (SSSR count). The van der Waals surface area contributed by atoms with Crippen molar-refractivity contribution in [3.05, 3.63) is 59.0 Å². The molecule has 3 nitrogen and oxygen atoms in total. The molecular weight excluding hydrogens is 279 g/mol. The van der Waals surface area contributed by atoms with Crippen LogP contribution in [0.25, 0.3) is 22.0 Å². The maximum Gasteiger partial charge on any atom is 0.265 e. The van der Waals surface area contributed by atoms with Gasteiger partial charge in [0.15, 0.2) is 0 Å². The van der Waals surface area contributed by atoms with Crippen molar-refractivity contribution in [3.8, 4) is 11.1 Å². The van der Waals surface area contributed by atoms with Gasteiger partial charge in [-0.05, 0) is 24.3 Å². The number of carbonyl (C=O) groups is 1. The lowest BCUT2D eigenvalue weighted by Gasteiger charge is -2.04. The molecule has 3 aromatic rings. The summed E-state index contributed by atoms with van der Waals surface area (Å²) < 4.78 is 14.0. The van der Waals surface area contributed by atoms with Crippen LogP contribution in [-0.2, 0) is 0 Å². The molecule has 0 saturated heterocycles. The fourth-order valence-electron chi connectivity index (χ4n) is 2.29. The van der Waals surface area contributed by atoms with Gasteiger partial charge in [0.05, 0.1) is 0 Å². The van der Waals surface area contributed by atoms with Crippen LogP contribution in [0.3, 0.4) is 0 Å². The number of H-pyrrole nitrogens is 1. The van der Waals surface area contributed by atoms with Crippen LogP contribution < -0.4 is 5.73 Å². The Kier molecular flexibility index (Phi) is 2.95. The van der Waals surface area contributed by atoms with Crippen molar-refractivity contribution in [2.75, 3.05) is 0 Å². The van der Waals surface area contributed by atoms with Crippen molar-refractivity contribution >= 4 is 28.4 Å². The molecule has 20 heavy (non-hydrogen) atoms. The predicted octanol–water partition coefficient (Wildman–Crippen LogP) is 3.73. The standard InChI is InChI=1S/C15H10ClFN2O/c16-8-5-6-12-10(7-8)13(14(19-12)15(18)20)9-3-1-2-4-11(9)17/h1-7,19H,(H2,18,20). The fourth-order valence-corrected chi connectivity index (χ4v) is 2.46. The van der Waals surface area contributed by atoms with E-state index in [2.05, 4.69) is 4.98 Å². The summed E-state index contributed by atoms with van der Waals surface area (Å²) in [6.07, 6.45) is 0. The lowest BCUT2D eigenvalue weighted by atomic mass is 10.0. The molecule has 1 heterocycles. The first-order chi connectivity index (χ1) is 9.58. The summed E-state index contributed by atoms with van der Waals surface area (Å²) in [7, 11) is 0. The van der Waals surface area contributed by atoms with Gasteiger partial charge in [-0.2, -0.15) is 0 Å². The highest BCUT2D eigenvalue weighted by Gasteiger charge is 2.19. The molecule has 3 N–H and O–H groups in total. The molecule has 100 valence electrons. The molecule has 0 saturated carbocycles. The van der Waals surface area contributed by atoms with E-state index in [0.717, 1.165) is 0 Å². The zero-order chi connectivity index (χ0) is 14.3. The number of nitrogens with one attached hydrogen (secondary N) is 1. The van der Waals surface area contributed by atoms with Crippen LogP contribution in [0.5, 0.6) is 0 Å². The maximum absolute atomic E-state index is 14.0. The van der Waals surface area contributed by atoms with E-state index >= 15 is 0 Å². The second-order valence-electron chi connectivity index (χ2n) is 4.41. The Balaban J connectivity index is 2.43. The van der Waals surface area contributed by atoms with Crippen molar-refractivity contribution in [1.29, 1.82) is 0 Å². The molecule has 0 aliphatic carbocycles. The van der Waals surface area contributed by atoms with E-state index in [1.54, 1.807) is 36.4 Å². The Labute approximate surface area is 119 Å². The maximum atomic E-state index is 14.0. The van der Waals surface area contributed by atoms with Crippen molar-refractivity contribution < 1.29 is 9.18 Å². The monoisotopic (exact) mass is 288 g/mol. The van der Waals surface area contributed by atoms with Crippen LogP contribution in [0.1, 0.15) is 10.5 Å². The van der Waals surface area contributed by atoms with Crippen LogP contribution in [0.15, 0.2) is 42.5 Å². The van der Waals surface area contributed by atoms with Gasteiger partial charge < -0.3 is 10.7 Å². The molecule has 2 aromatic carbocycles. The van der Waals surface area contributed by atoms with E-state index in [-0.39, 0.29) is 5.69 Å². The fraction of sp³-hybridized carbons (Fsp3) is 0. The Morgan fingerprint density at radius 3 is 2.65 bits per heavy atom. The van der Waals surface area contributed by atoms with Crippen molar-refractivity contribution in [3.63, 3.8) is 0 Å². The second kappa shape index (κ2) is 4.65. The highest BCUT2D eigenvalue weighted by molar-refractivity contribution is 6.31. The van der Waals surface area contributed by atoms with Crippen molar-refractivity contribution in [2.45, 2.75) is 0 Å². The number of benzene rings is 2. The van der Waals surface area contributed by atoms with Crippen LogP contribution in [0.2, 0.25) is 5.02 Å². The number of halogens is 2. The van der Waals surface area contributed by atoms with Gasteiger partial charge in [0.25, 0.3) is 5.91 Å². The smallest absolute Gasteiger partial charge is 0.265 e. The molecule has 0 aliphatic rings. The van der Waals surface area contributed by atoms with Crippen LogP contribution in [-0.4, -0.2) is 10.9 Å². The first kappa shape index (κ1) is 12.7. The number of hydrogen-bond donors (Lipinski definition) is 2. The number of aromatic nitrogens is 1. The van der Waals surface area contributed by atoms with E-state index in [0.29, 0.717) is 27.1 Å². The lowest BCUT2D eigenvalue weighted by molar-refractivity contribution is 0.0997. The van der Waals surface area contributed by atoms with Gasteiger partial charge in [-0.25, -0.2) is 4.39 Å². The number of rotatable bonds is 2. The Bertz CT molecular complexity index is 826. The van der Waals surface area contributed by atoms with Gasteiger partial charge >= 0.3 is 0 Å². The Hall–Kier alpha value is -2.33. The average Bonchev–Trinajstić information content (AvgIpc) is 2.78. The summed E-state index contributed by atoms with van der Waals surface area (Å²) in [6.45, 7) is 0. The van der Waals surface area contributed by atoms with Crippen LogP contribution in [0, 0.1) is 5.82 Å². The number of carbonyl (C=O) groups excluding carboxylic acids is 1. The van der Waals surface area contributed by atoms with E-state index in [1.165, 1.54) is 6.07 Å². The number of nitrogens with two attached hydrogens (primary N) is 1. The summed E-state index contributed by atoms with van der Waals surface area (Å²) in [5.74, 6) is -1.06. The second-order valence-corrected chi connectivity index (χ2v) is 4.85. The minimum atomic E-state index is -0.643. The minimum Gasteiger partial charge on any atom is -0.364 e. The normalized spacial score (nSPS) is 10.9. The number of hydrogen-bond acceptors (Lipinski definition) is 1. The molecule has 1 aromatic heterocycles. The third-order valence-corrected chi connectivity index (χ3v) is 3.39. The molecule has 5 heteroatoms. The topological polar surface area (TPSA) is 58.9 Å². The SMILES string of the molecule is NC(=O)c1[nH]c2ccc(Cl)cc2c1-c1ccccc1F. The molecule has 0 aliphatic heterocycles. The molecule has 0 spiro atoms. The highest BCUT2D eigenvalue weighted by Crippen LogP contribution is 2.35. The van der Waals surface area contributed by atoms with E-state index in [1.807, 2.05) is 0 Å². The summed E-state index contributed by atoms with van der Waals surface area (Å²) >= 11 is 5.98. The quantitative estimate of drug-likeness (QED) is 0.742. The first-order valence-corrected chi connectivity index (χ1v) is 6.31. The summed E-state index contributed by atoms with van der Waals surface area (Å²) in [5.41, 5.74) is 6.99. The van der Waals surface area contributed by atoms with Gasteiger partial charge in [-0.15, -0.1) is 0 Å². The van der Waals surface area contributed by atoms with Gasteiger partial charge in [-0.3, -0.25) is 4.79 Å². The molecule has 0 atom stereocenters. The molecule has 0 radical (unpaired) electrons. The largest absolute Gasteiger partial charge is 0.364 e. The number of amides is 1. The third-order valence-electron chi connectivity index (χ3n) is 3.15. The van der Waals surface area contributed by atoms with Crippen LogP contribution >= 0.6 is 11.6 Å². The highest BCUT2D eigenvalue weighted by atomic mass is 35.5. The van der Waals surface area contributed by atoms with E-state index < -0.39 is 11.7 Å².